The van der Waals surface area contributed by atoms with Crippen molar-refractivity contribution in [2.45, 2.75) is 51.6 Å². The van der Waals surface area contributed by atoms with Gasteiger partial charge in [-0.3, -0.25) is 13.7 Å². The van der Waals surface area contributed by atoms with Crippen LogP contribution in [0.3, 0.4) is 0 Å². The van der Waals surface area contributed by atoms with E-state index in [-0.39, 0.29) is 10.8 Å². The summed E-state index contributed by atoms with van der Waals surface area (Å²) in [5.74, 6) is 5.86. The summed E-state index contributed by atoms with van der Waals surface area (Å²) in [5.41, 5.74) is 40.1. The number of rotatable bonds is 9. The maximum atomic E-state index is 5.44. The van der Waals surface area contributed by atoms with Gasteiger partial charge in [0.1, 0.15) is 8.07 Å². The first kappa shape index (κ1) is 85.5. The third-order valence-corrected chi connectivity index (χ3v) is 36.6. The molecule has 21 aromatic carbocycles. The molecule has 0 amide bonds. The van der Waals surface area contributed by atoms with Gasteiger partial charge in [0, 0.05) is 76.5 Å². The van der Waals surface area contributed by atoms with Crippen LogP contribution in [0.15, 0.2) is 437 Å². The third-order valence-electron chi connectivity index (χ3n) is 33.0. The quantitative estimate of drug-likeness (QED) is 0.130. The van der Waals surface area contributed by atoms with Crippen LogP contribution in [0, 0.1) is 0 Å². The first-order valence-corrected chi connectivity index (χ1v) is 54.7. The minimum absolute atomic E-state index is 0.0736. The fourth-order valence-corrected chi connectivity index (χ4v) is 29.8. The van der Waals surface area contributed by atoms with E-state index in [1.807, 2.05) is 42.5 Å². The molecule has 12 nitrogen and oxygen atoms in total. The van der Waals surface area contributed by atoms with Crippen molar-refractivity contribution in [1.29, 1.82) is 0 Å². The molecule has 150 heavy (non-hydrogen) atoms. The molecule has 1 aliphatic heterocycles. The smallest absolute Gasteiger partial charge is 0.238 e. The van der Waals surface area contributed by atoms with Crippen LogP contribution in [0.1, 0.15) is 49.9 Å². The van der Waals surface area contributed by atoms with Crippen LogP contribution in [0.5, 0.6) is 0 Å². The Balaban J connectivity index is 0.000000101. The number of fused-ring (bicyclic) bond motifs is 18. The Morgan fingerprint density at radius 2 is 0.467 bits per heavy atom. The standard InChI is InChI=1S/2C46H30N4.C45H30N4Si/c1-46(2)35-22-9-8-18-33(35)40-34(21-11-23-36(40)46)44-47-43(28-13-4-3-5-14-28)48-45(49-44)50-37-24-12-20-32-30-17-7-6-16-29(30)31-19-10-15-27-25-26-38(50)42(39(27)31)41(32)37;1-46(2)36-20-9-8-17-32(36)35-26-29(22-24-37(35)46)44-47-43(28-12-4-3-5-13-28)48-45(49-44)50-38-21-11-19-34-31-16-7-6-15-30(31)33-18-10-14-27-23-25-39(50)42(40(27)33)41(34)38;1-50(2)38-24-9-8-18-31(38)34-21-11-22-35(42(34)50)44-46-43(28-13-4-3-5-14-28)47-45(48-44)49-36-23-12-20-33-30-17-7-6-16-29(30)32-19-10-15-27-25-26-37(49)41(39(27)32)40(33)36/h3*3-26H,1-2H3. The van der Waals surface area contributed by atoms with Gasteiger partial charge in [-0.15, -0.1) is 0 Å². The van der Waals surface area contributed by atoms with Gasteiger partial charge < -0.3 is 0 Å². The van der Waals surface area contributed by atoms with Crippen molar-refractivity contribution < 1.29 is 0 Å². The lowest BCUT2D eigenvalue weighted by atomic mass is 9.82. The number of benzene rings is 21. The van der Waals surface area contributed by atoms with E-state index in [9.17, 15) is 0 Å². The highest BCUT2D eigenvalue weighted by atomic mass is 28.3. The Labute approximate surface area is 865 Å². The second-order valence-electron chi connectivity index (χ2n) is 42.0. The third kappa shape index (κ3) is 12.3. The fourth-order valence-electron chi connectivity index (χ4n) is 26.4. The Hall–Kier alpha value is -19.0. The van der Waals surface area contributed by atoms with Gasteiger partial charge in [-0.25, -0.2) is 15.0 Å². The molecule has 0 fully saturated rings. The van der Waals surface area contributed by atoms with Gasteiger partial charge in [-0.2, -0.15) is 29.9 Å². The number of aromatic nitrogens is 12. The van der Waals surface area contributed by atoms with Crippen LogP contribution in [0.2, 0.25) is 13.1 Å². The Bertz CT molecular complexity index is 10600. The van der Waals surface area contributed by atoms with Crippen molar-refractivity contribution in [2.75, 3.05) is 0 Å². The summed E-state index contributed by atoms with van der Waals surface area (Å²) in [6.07, 6.45) is 0. The van der Waals surface area contributed by atoms with Crippen molar-refractivity contribution in [3.05, 3.63) is 459 Å². The monoisotopic (exact) mass is 1930 g/mol. The molecule has 7 heterocycles. The minimum atomic E-state index is -2.05. The maximum Gasteiger partial charge on any atom is 0.238 e. The van der Waals surface area contributed by atoms with Crippen molar-refractivity contribution in [2.24, 2.45) is 0 Å². The molecule has 5 aliphatic carbocycles. The maximum absolute atomic E-state index is 5.44. The van der Waals surface area contributed by atoms with Crippen LogP contribution >= 0.6 is 0 Å². The molecule has 0 saturated heterocycles. The molecule has 6 aromatic heterocycles. The fraction of sp³-hybridized carbons (Fsp3) is 0.0584. The van der Waals surface area contributed by atoms with E-state index in [4.69, 9.17) is 44.9 Å². The number of hydrogen-bond donors (Lipinski definition) is 0. The summed E-state index contributed by atoms with van der Waals surface area (Å²) in [7, 11) is -2.05. The summed E-state index contributed by atoms with van der Waals surface area (Å²) in [6, 6.07) is 157. The Morgan fingerprint density at radius 3 is 0.907 bits per heavy atom. The van der Waals surface area contributed by atoms with Gasteiger partial charge >= 0.3 is 0 Å². The molecule has 0 saturated carbocycles. The molecule has 0 radical (unpaired) electrons. The zero-order valence-corrected chi connectivity index (χ0v) is 83.9. The molecule has 0 N–H and O–H groups in total. The van der Waals surface area contributed by atoms with Gasteiger partial charge in [0.15, 0.2) is 34.9 Å². The van der Waals surface area contributed by atoms with Gasteiger partial charge in [0.05, 0.1) is 33.1 Å². The van der Waals surface area contributed by atoms with Crippen molar-refractivity contribution >= 4 is 116 Å². The first-order chi connectivity index (χ1) is 73.7. The van der Waals surface area contributed by atoms with Gasteiger partial charge in [-0.05, 0) is 208 Å². The summed E-state index contributed by atoms with van der Waals surface area (Å²) >= 11 is 0. The van der Waals surface area contributed by atoms with Gasteiger partial charge in [0.2, 0.25) is 17.8 Å². The first-order valence-electron chi connectivity index (χ1n) is 51.7. The molecule has 0 bridgehead atoms. The number of hydrogen-bond acceptors (Lipinski definition) is 9. The Kier molecular flexibility index (Phi) is 18.2. The summed E-state index contributed by atoms with van der Waals surface area (Å²) < 4.78 is 6.79. The highest BCUT2D eigenvalue weighted by Crippen LogP contribution is 2.58. The average molecular weight is 1930 g/mol. The predicted molar refractivity (Wildman–Crippen MR) is 618 cm³/mol. The molecule has 0 unspecified atom stereocenters. The number of nitrogens with zero attached hydrogens (tertiary/aromatic N) is 12. The zero-order chi connectivity index (χ0) is 99.4. The highest BCUT2D eigenvalue weighted by molar-refractivity contribution is 7.04. The molecule has 702 valence electrons. The largest absolute Gasteiger partial charge is 0.278 e. The minimum Gasteiger partial charge on any atom is -0.278 e. The summed E-state index contributed by atoms with van der Waals surface area (Å²) in [5, 5.41) is 17.7. The molecule has 13 heteroatoms. The molecule has 27 aromatic rings. The van der Waals surface area contributed by atoms with E-state index >= 15 is 0 Å². The van der Waals surface area contributed by atoms with Crippen LogP contribution in [0.25, 0.3) is 284 Å². The average Bonchev–Trinajstić information content (AvgIpc) is 1.54. The van der Waals surface area contributed by atoms with E-state index < -0.39 is 8.07 Å². The van der Waals surface area contributed by atoms with Gasteiger partial charge in [-0.1, -0.05) is 435 Å². The molecular weight excluding hydrogens is 1840 g/mol. The molecular formula is C137H90N12Si. The lowest BCUT2D eigenvalue weighted by Gasteiger charge is -2.22. The van der Waals surface area contributed by atoms with Crippen molar-refractivity contribution in [3.8, 4) is 186 Å². The lowest BCUT2D eigenvalue weighted by Crippen LogP contribution is -2.50. The lowest BCUT2D eigenvalue weighted by molar-refractivity contribution is 0.660. The Morgan fingerprint density at radius 1 is 0.180 bits per heavy atom. The van der Waals surface area contributed by atoms with E-state index in [1.165, 1.54) is 197 Å². The van der Waals surface area contributed by atoms with Crippen molar-refractivity contribution in [3.63, 3.8) is 0 Å². The SMILES string of the molecule is CC1(C)c2ccccc2-c2c(-c3nc(-c4ccccc4)nc(-n4c5cccc6c5c5c7c(cccc7ccc54)-c4ccccc4-6)n3)cccc21.CC1(C)c2ccccc2-c2cc(-c3nc(-c4ccccc4)nc(-n4c5cccc6c5c5c7c(cccc7ccc54)-c4ccccc4-6)n3)ccc21.C[Si]1(C)c2ccccc2-c2cccc(-c3nc(-c4ccccc4)nc(-n4c5cccc6c5c5c7c(cccc7ccc54)-c4ccccc4-6)n3)c21. The topological polar surface area (TPSA) is 131 Å². The molecule has 0 spiro atoms. The normalized spacial score (nSPS) is 13.6. The van der Waals surface area contributed by atoms with Crippen LogP contribution < -0.4 is 10.4 Å². The highest BCUT2D eigenvalue weighted by Gasteiger charge is 2.43. The van der Waals surface area contributed by atoms with E-state index in [0.717, 1.165) is 66.5 Å². The van der Waals surface area contributed by atoms with E-state index in [2.05, 4.69) is 449 Å². The molecule has 0 atom stereocenters. The second kappa shape index (κ2) is 32.0. The summed E-state index contributed by atoms with van der Waals surface area (Å²) in [4.78, 5) is 47.6. The van der Waals surface area contributed by atoms with Crippen molar-refractivity contribution in [1.82, 2.24) is 58.6 Å². The van der Waals surface area contributed by atoms with E-state index in [1.54, 1.807) is 0 Å². The zero-order valence-electron chi connectivity index (χ0n) is 82.9. The molecule has 33 rings (SSSR count). The van der Waals surface area contributed by atoms with Crippen LogP contribution in [-0.4, -0.2) is 66.6 Å². The van der Waals surface area contributed by atoms with Gasteiger partial charge in [0.25, 0.3) is 0 Å². The summed E-state index contributed by atoms with van der Waals surface area (Å²) in [6.45, 7) is 14.2. The van der Waals surface area contributed by atoms with Crippen LogP contribution in [0.4, 0.5) is 0 Å². The van der Waals surface area contributed by atoms with E-state index in [0.29, 0.717) is 52.8 Å². The second-order valence-corrected chi connectivity index (χ2v) is 46.3. The molecule has 6 aliphatic rings. The van der Waals surface area contributed by atoms with Crippen LogP contribution in [-0.2, 0) is 10.8 Å². The predicted octanol–water partition coefficient (Wildman–Crippen LogP) is 32.7.